The molecule has 0 unspecified atom stereocenters. The van der Waals surface area contributed by atoms with Crippen LogP contribution in [0.4, 0.5) is 0 Å². The number of methoxy groups -OCH3 is 1. The molecule has 0 aliphatic carbocycles. The predicted octanol–water partition coefficient (Wildman–Crippen LogP) is 2.59. The molecule has 0 saturated carbocycles. The van der Waals surface area contributed by atoms with E-state index in [2.05, 4.69) is 19.0 Å². The molecule has 22 heavy (non-hydrogen) atoms. The number of carbonyl (C=O) groups is 1. The van der Waals surface area contributed by atoms with Crippen molar-refractivity contribution < 1.29 is 9.53 Å². The van der Waals surface area contributed by atoms with Crippen LogP contribution in [0.25, 0.3) is 0 Å². The van der Waals surface area contributed by atoms with Crippen LogP contribution in [-0.4, -0.2) is 61.8 Å². The molecule has 1 fully saturated rings. The van der Waals surface area contributed by atoms with Gasteiger partial charge in [0.05, 0.1) is 12.4 Å². The Labute approximate surface area is 137 Å². The van der Waals surface area contributed by atoms with Crippen molar-refractivity contribution in [2.24, 2.45) is 5.92 Å². The molecule has 2 atom stereocenters. The molecule has 0 aromatic heterocycles. The molecule has 1 saturated heterocycles. The summed E-state index contributed by atoms with van der Waals surface area (Å²) in [6, 6.07) is 7.88. The summed E-state index contributed by atoms with van der Waals surface area (Å²) in [6.45, 7) is 4.84. The van der Waals surface area contributed by atoms with Gasteiger partial charge in [0.15, 0.2) is 0 Å². The molecule has 1 amide bonds. The van der Waals surface area contributed by atoms with Gasteiger partial charge < -0.3 is 14.5 Å². The van der Waals surface area contributed by atoms with Gasteiger partial charge in [-0.2, -0.15) is 0 Å². The zero-order valence-corrected chi connectivity index (χ0v) is 14.7. The van der Waals surface area contributed by atoms with E-state index in [9.17, 15) is 4.79 Å². The first-order valence-electron chi connectivity index (χ1n) is 7.74. The van der Waals surface area contributed by atoms with Crippen LogP contribution in [0.3, 0.4) is 0 Å². The Balaban J connectivity index is 1.86. The number of nitrogens with zero attached hydrogens (tertiary/aromatic N) is 2. The van der Waals surface area contributed by atoms with E-state index in [4.69, 9.17) is 4.74 Å². The molecular weight excluding hydrogens is 296 g/mol. The minimum atomic E-state index is -0.0495. The number of amides is 1. The summed E-state index contributed by atoms with van der Waals surface area (Å²) in [7, 11) is 5.84. The van der Waals surface area contributed by atoms with E-state index < -0.39 is 0 Å². The van der Waals surface area contributed by atoms with E-state index in [1.54, 1.807) is 18.9 Å². The first-order chi connectivity index (χ1) is 10.5. The fraction of sp³-hybridized carbons (Fsp3) is 0.588. The summed E-state index contributed by atoms with van der Waals surface area (Å²) in [6.07, 6.45) is 1.11. The average Bonchev–Trinajstić information content (AvgIpc) is 2.94. The standard InChI is InChI=1S/C17H26N2O2S/c1-13(22-16-7-5-15(21-4)6-8-16)17(20)19-10-9-14(12-19)11-18(2)3/h5-8,13-14H,9-12H2,1-4H3/t13-,14-/m0/s1. The fourth-order valence-electron chi connectivity index (χ4n) is 2.86. The van der Waals surface area contributed by atoms with Crippen molar-refractivity contribution in [3.05, 3.63) is 24.3 Å². The quantitative estimate of drug-likeness (QED) is 0.754. The Morgan fingerprint density at radius 1 is 1.41 bits per heavy atom. The van der Waals surface area contributed by atoms with Gasteiger partial charge in [0.25, 0.3) is 0 Å². The van der Waals surface area contributed by atoms with Gasteiger partial charge in [-0.1, -0.05) is 0 Å². The highest BCUT2D eigenvalue weighted by molar-refractivity contribution is 8.00. The van der Waals surface area contributed by atoms with Gasteiger partial charge in [0.1, 0.15) is 5.75 Å². The Bertz CT molecular complexity index is 490. The summed E-state index contributed by atoms with van der Waals surface area (Å²) in [5.74, 6) is 1.70. The number of hydrogen-bond donors (Lipinski definition) is 0. The number of benzene rings is 1. The number of carbonyl (C=O) groups excluding carboxylic acids is 1. The van der Waals surface area contributed by atoms with Gasteiger partial charge in [-0.25, -0.2) is 0 Å². The maximum Gasteiger partial charge on any atom is 0.235 e. The third-order valence-corrected chi connectivity index (χ3v) is 5.04. The summed E-state index contributed by atoms with van der Waals surface area (Å²) in [5.41, 5.74) is 0. The van der Waals surface area contributed by atoms with Crippen molar-refractivity contribution in [3.63, 3.8) is 0 Å². The molecule has 1 heterocycles. The van der Waals surface area contributed by atoms with Gasteiger partial charge in [0, 0.05) is 24.5 Å². The highest BCUT2D eigenvalue weighted by atomic mass is 32.2. The molecule has 122 valence electrons. The van der Waals surface area contributed by atoms with Gasteiger partial charge in [0.2, 0.25) is 5.91 Å². The van der Waals surface area contributed by atoms with E-state index in [1.807, 2.05) is 36.1 Å². The van der Waals surface area contributed by atoms with Crippen LogP contribution in [0.1, 0.15) is 13.3 Å². The summed E-state index contributed by atoms with van der Waals surface area (Å²) < 4.78 is 5.16. The lowest BCUT2D eigenvalue weighted by Crippen LogP contribution is -2.35. The second kappa shape index (κ2) is 7.88. The van der Waals surface area contributed by atoms with Crippen molar-refractivity contribution in [3.8, 4) is 5.75 Å². The molecular formula is C17H26N2O2S. The zero-order chi connectivity index (χ0) is 16.1. The van der Waals surface area contributed by atoms with Crippen LogP contribution in [0.2, 0.25) is 0 Å². The Morgan fingerprint density at radius 3 is 2.68 bits per heavy atom. The minimum Gasteiger partial charge on any atom is -0.497 e. The second-order valence-corrected chi connectivity index (χ2v) is 7.55. The highest BCUT2D eigenvalue weighted by Gasteiger charge is 2.29. The first kappa shape index (κ1) is 17.2. The van der Waals surface area contributed by atoms with Crippen molar-refractivity contribution in [1.82, 2.24) is 9.80 Å². The van der Waals surface area contributed by atoms with Gasteiger partial charge in [-0.15, -0.1) is 11.8 Å². The molecule has 1 aliphatic heterocycles. The van der Waals surface area contributed by atoms with Crippen LogP contribution in [0, 0.1) is 5.92 Å². The first-order valence-corrected chi connectivity index (χ1v) is 8.61. The SMILES string of the molecule is COc1ccc(S[C@@H](C)C(=O)N2CC[C@@H](CN(C)C)C2)cc1. The molecule has 0 N–H and O–H groups in total. The lowest BCUT2D eigenvalue weighted by atomic mass is 10.1. The van der Waals surface area contributed by atoms with Crippen molar-refractivity contribution >= 4 is 17.7 Å². The number of likely N-dealkylation sites (tertiary alicyclic amines) is 1. The average molecular weight is 322 g/mol. The summed E-state index contributed by atoms with van der Waals surface area (Å²) >= 11 is 1.62. The maximum atomic E-state index is 12.6. The lowest BCUT2D eigenvalue weighted by molar-refractivity contribution is -0.129. The highest BCUT2D eigenvalue weighted by Crippen LogP contribution is 2.28. The lowest BCUT2D eigenvalue weighted by Gasteiger charge is -2.21. The van der Waals surface area contributed by atoms with Gasteiger partial charge >= 0.3 is 0 Å². The van der Waals surface area contributed by atoms with Crippen molar-refractivity contribution in [2.75, 3.05) is 40.8 Å². The van der Waals surface area contributed by atoms with Gasteiger partial charge in [-0.05, 0) is 57.6 Å². The van der Waals surface area contributed by atoms with E-state index in [1.165, 1.54) is 0 Å². The number of ether oxygens (including phenoxy) is 1. The minimum absolute atomic E-state index is 0.0495. The van der Waals surface area contributed by atoms with Crippen molar-refractivity contribution in [2.45, 2.75) is 23.5 Å². The molecule has 2 rings (SSSR count). The Morgan fingerprint density at radius 2 is 2.09 bits per heavy atom. The second-order valence-electron chi connectivity index (χ2n) is 6.14. The molecule has 0 radical (unpaired) electrons. The molecule has 1 aliphatic rings. The molecule has 0 bridgehead atoms. The van der Waals surface area contributed by atoms with Crippen LogP contribution < -0.4 is 4.74 Å². The van der Waals surface area contributed by atoms with Crippen LogP contribution in [0.5, 0.6) is 5.75 Å². The summed E-state index contributed by atoms with van der Waals surface area (Å²) in [4.78, 5) is 17.9. The van der Waals surface area contributed by atoms with Crippen LogP contribution >= 0.6 is 11.8 Å². The van der Waals surface area contributed by atoms with Crippen LogP contribution in [0.15, 0.2) is 29.2 Å². The monoisotopic (exact) mass is 322 g/mol. The summed E-state index contributed by atoms with van der Waals surface area (Å²) in [5, 5.41) is -0.0495. The van der Waals surface area contributed by atoms with E-state index in [0.717, 1.165) is 36.7 Å². The number of hydrogen-bond acceptors (Lipinski definition) is 4. The predicted molar refractivity (Wildman–Crippen MR) is 91.6 cm³/mol. The molecule has 1 aromatic rings. The van der Waals surface area contributed by atoms with E-state index in [0.29, 0.717) is 5.92 Å². The maximum absolute atomic E-state index is 12.6. The smallest absolute Gasteiger partial charge is 0.235 e. The molecule has 4 nitrogen and oxygen atoms in total. The van der Waals surface area contributed by atoms with E-state index in [-0.39, 0.29) is 11.2 Å². The molecule has 0 spiro atoms. The number of rotatable bonds is 6. The third-order valence-electron chi connectivity index (χ3n) is 3.94. The molecule has 1 aromatic carbocycles. The molecule has 5 heteroatoms. The van der Waals surface area contributed by atoms with E-state index >= 15 is 0 Å². The number of thioether (sulfide) groups is 1. The Kier molecular flexibility index (Phi) is 6.15. The third kappa shape index (κ3) is 4.65. The zero-order valence-electron chi connectivity index (χ0n) is 13.9. The fourth-order valence-corrected chi connectivity index (χ4v) is 3.82. The normalized spacial score (nSPS) is 19.5. The van der Waals surface area contributed by atoms with Crippen molar-refractivity contribution in [1.29, 1.82) is 0 Å². The van der Waals surface area contributed by atoms with Crippen LogP contribution in [-0.2, 0) is 4.79 Å². The largest absolute Gasteiger partial charge is 0.497 e. The Hall–Kier alpha value is -1.20. The topological polar surface area (TPSA) is 32.8 Å². The van der Waals surface area contributed by atoms with Gasteiger partial charge in [-0.3, -0.25) is 4.79 Å².